The maximum Gasteiger partial charge on any atom is 0.251 e. The van der Waals surface area contributed by atoms with Gasteiger partial charge < -0.3 is 19.5 Å². The summed E-state index contributed by atoms with van der Waals surface area (Å²) in [6.45, 7) is 2.58. The fraction of sp³-hybridized carbons (Fsp3) is 0.435. The number of rotatable bonds is 5. The van der Waals surface area contributed by atoms with Crippen LogP contribution >= 0.6 is 0 Å². The highest BCUT2D eigenvalue weighted by molar-refractivity contribution is 5.83. The fourth-order valence-electron chi connectivity index (χ4n) is 4.86. The highest BCUT2D eigenvalue weighted by atomic mass is 16.5. The second-order valence-electron chi connectivity index (χ2n) is 8.18. The first-order valence-corrected chi connectivity index (χ1v) is 10.3. The largest absolute Gasteiger partial charge is 0.497 e. The molecule has 1 aromatic carbocycles. The Morgan fingerprint density at radius 3 is 2.73 bits per heavy atom. The van der Waals surface area contributed by atoms with E-state index in [9.17, 15) is 14.4 Å². The molecule has 3 heterocycles. The minimum absolute atomic E-state index is 0.00752. The minimum Gasteiger partial charge on any atom is -0.497 e. The molecule has 2 aliphatic rings. The summed E-state index contributed by atoms with van der Waals surface area (Å²) < 4.78 is 7.30. The van der Waals surface area contributed by atoms with Gasteiger partial charge in [-0.15, -0.1) is 0 Å². The van der Waals surface area contributed by atoms with Crippen LogP contribution in [0.25, 0.3) is 0 Å². The number of methoxy groups -OCH3 is 1. The number of hydrogen-bond donors (Lipinski definition) is 1. The number of carbonyl (C=O) groups excluding carboxylic acids is 2. The molecule has 1 saturated heterocycles. The van der Waals surface area contributed by atoms with E-state index in [0.29, 0.717) is 19.5 Å². The summed E-state index contributed by atoms with van der Waals surface area (Å²) in [5.74, 6) is 0.794. The molecule has 0 radical (unpaired) electrons. The topological polar surface area (TPSA) is 80.6 Å². The number of pyridine rings is 1. The summed E-state index contributed by atoms with van der Waals surface area (Å²) in [7, 11) is 1.64. The minimum atomic E-state index is -0.214. The second kappa shape index (κ2) is 8.34. The highest BCUT2D eigenvalue weighted by Crippen LogP contribution is 2.42. The van der Waals surface area contributed by atoms with E-state index in [1.807, 2.05) is 39.8 Å². The number of hydrogen-bond acceptors (Lipinski definition) is 4. The molecule has 0 aliphatic carbocycles. The lowest BCUT2D eigenvalue weighted by Crippen LogP contribution is -2.53. The molecule has 4 rings (SSSR count). The van der Waals surface area contributed by atoms with Crippen LogP contribution in [0.2, 0.25) is 0 Å². The van der Waals surface area contributed by atoms with E-state index in [1.54, 1.807) is 19.2 Å². The lowest BCUT2D eigenvalue weighted by atomic mass is 9.76. The number of nitrogens with zero attached hydrogens (tertiary/aromatic N) is 2. The molecule has 158 valence electrons. The van der Waals surface area contributed by atoms with Crippen LogP contribution in [0.5, 0.6) is 5.75 Å². The first kappa shape index (κ1) is 20.2. The summed E-state index contributed by atoms with van der Waals surface area (Å²) >= 11 is 0. The molecule has 3 atom stereocenters. The monoisotopic (exact) mass is 409 g/mol. The first-order valence-electron chi connectivity index (χ1n) is 10.3. The standard InChI is InChI=1S/C23H27N3O4/c1-15(27)24-12-23(29)25-13-17-11-18(14-25)21(26-20(17)7-4-8-22(26)28)10-16-5-3-6-19(9-16)30-2/h3-9,17-18,21H,10-14H2,1-2H3,(H,24,27)/t17-,18+,21+/m1/s1. The number of benzene rings is 1. The van der Waals surface area contributed by atoms with Crippen molar-refractivity contribution in [3.05, 3.63) is 64.1 Å². The Labute approximate surface area is 175 Å². The van der Waals surface area contributed by atoms with Crippen molar-refractivity contribution in [2.24, 2.45) is 5.92 Å². The van der Waals surface area contributed by atoms with E-state index in [0.717, 1.165) is 23.4 Å². The highest BCUT2D eigenvalue weighted by Gasteiger charge is 2.41. The number of ether oxygens (including phenoxy) is 1. The van der Waals surface area contributed by atoms with Gasteiger partial charge in [0.1, 0.15) is 5.75 Å². The molecule has 0 unspecified atom stereocenters. The Kier molecular flexibility index (Phi) is 5.61. The van der Waals surface area contributed by atoms with E-state index in [-0.39, 0.29) is 41.8 Å². The van der Waals surface area contributed by atoms with Gasteiger partial charge in [0.15, 0.2) is 0 Å². The van der Waals surface area contributed by atoms with Crippen LogP contribution in [0, 0.1) is 5.92 Å². The van der Waals surface area contributed by atoms with E-state index in [1.165, 1.54) is 6.92 Å². The molecule has 7 heteroatoms. The zero-order valence-electron chi connectivity index (χ0n) is 17.3. The van der Waals surface area contributed by atoms with Crippen LogP contribution in [0.3, 0.4) is 0 Å². The molecule has 2 amide bonds. The molecule has 1 fully saturated rings. The van der Waals surface area contributed by atoms with Crippen LogP contribution in [-0.4, -0.2) is 48.0 Å². The van der Waals surface area contributed by atoms with Crippen LogP contribution in [0.15, 0.2) is 47.3 Å². The Morgan fingerprint density at radius 2 is 1.97 bits per heavy atom. The summed E-state index contributed by atoms with van der Waals surface area (Å²) in [6, 6.07) is 13.3. The SMILES string of the molecule is COc1cccc(C[C@H]2[C@H]3C[C@H](CN(C(=O)CNC(C)=O)C3)c3cccc(=O)n32)c1. The van der Waals surface area contributed by atoms with Crippen molar-refractivity contribution in [2.75, 3.05) is 26.7 Å². The van der Waals surface area contributed by atoms with Gasteiger partial charge in [0.05, 0.1) is 13.7 Å². The summed E-state index contributed by atoms with van der Waals surface area (Å²) in [5.41, 5.74) is 2.10. The number of likely N-dealkylation sites (tertiary alicyclic amines) is 1. The molecule has 2 bridgehead atoms. The van der Waals surface area contributed by atoms with Crippen molar-refractivity contribution in [3.63, 3.8) is 0 Å². The van der Waals surface area contributed by atoms with Gasteiger partial charge in [0, 0.05) is 43.7 Å². The van der Waals surface area contributed by atoms with Crippen molar-refractivity contribution in [2.45, 2.75) is 31.7 Å². The quantitative estimate of drug-likeness (QED) is 0.816. The molecule has 0 saturated carbocycles. The van der Waals surface area contributed by atoms with Gasteiger partial charge in [-0.25, -0.2) is 0 Å². The van der Waals surface area contributed by atoms with Crippen LogP contribution in [0.4, 0.5) is 0 Å². The van der Waals surface area contributed by atoms with Gasteiger partial charge >= 0.3 is 0 Å². The van der Waals surface area contributed by atoms with Crippen LogP contribution in [0.1, 0.15) is 36.6 Å². The average molecular weight is 409 g/mol. The lowest BCUT2D eigenvalue weighted by molar-refractivity contribution is -0.135. The first-order chi connectivity index (χ1) is 14.5. The summed E-state index contributed by atoms with van der Waals surface area (Å²) in [5, 5.41) is 2.60. The predicted octanol–water partition coefficient (Wildman–Crippen LogP) is 1.72. The number of fused-ring (bicyclic) bond motifs is 4. The number of aromatic nitrogens is 1. The number of carbonyl (C=O) groups is 2. The third-order valence-electron chi connectivity index (χ3n) is 6.22. The summed E-state index contributed by atoms with van der Waals surface area (Å²) in [4.78, 5) is 38.6. The van der Waals surface area contributed by atoms with Gasteiger partial charge in [-0.3, -0.25) is 14.4 Å². The number of piperidine rings is 1. The summed E-state index contributed by atoms with van der Waals surface area (Å²) in [6.07, 6.45) is 1.64. The van der Waals surface area contributed by atoms with Crippen LogP contribution in [-0.2, 0) is 16.0 Å². The molecule has 1 N–H and O–H groups in total. The van der Waals surface area contributed by atoms with E-state index in [4.69, 9.17) is 4.74 Å². The zero-order valence-corrected chi connectivity index (χ0v) is 17.3. The van der Waals surface area contributed by atoms with E-state index in [2.05, 4.69) is 5.32 Å². The molecular formula is C23H27N3O4. The van der Waals surface area contributed by atoms with E-state index >= 15 is 0 Å². The van der Waals surface area contributed by atoms with E-state index < -0.39 is 0 Å². The van der Waals surface area contributed by atoms with Gasteiger partial charge in [-0.05, 0) is 42.5 Å². The van der Waals surface area contributed by atoms with Crippen molar-refractivity contribution in [3.8, 4) is 5.75 Å². The molecule has 30 heavy (non-hydrogen) atoms. The van der Waals surface area contributed by atoms with Gasteiger partial charge in [-0.1, -0.05) is 18.2 Å². The lowest BCUT2D eigenvalue weighted by Gasteiger charge is -2.47. The molecule has 7 nitrogen and oxygen atoms in total. The molecule has 2 aromatic rings. The third kappa shape index (κ3) is 3.97. The second-order valence-corrected chi connectivity index (χ2v) is 8.18. The average Bonchev–Trinajstić information content (AvgIpc) is 2.75. The van der Waals surface area contributed by atoms with Gasteiger partial charge in [-0.2, -0.15) is 0 Å². The molecule has 1 aromatic heterocycles. The number of amides is 2. The number of nitrogens with one attached hydrogen (secondary N) is 1. The molecule has 0 spiro atoms. The maximum absolute atomic E-state index is 12.8. The van der Waals surface area contributed by atoms with Crippen molar-refractivity contribution < 1.29 is 14.3 Å². The third-order valence-corrected chi connectivity index (χ3v) is 6.22. The maximum atomic E-state index is 12.8. The van der Waals surface area contributed by atoms with Crippen LogP contribution < -0.4 is 15.6 Å². The van der Waals surface area contributed by atoms with Crippen molar-refractivity contribution in [1.29, 1.82) is 0 Å². The normalized spacial score (nSPS) is 22.2. The Bertz CT molecular complexity index is 1020. The van der Waals surface area contributed by atoms with Crippen molar-refractivity contribution >= 4 is 11.8 Å². The predicted molar refractivity (Wildman–Crippen MR) is 113 cm³/mol. The smallest absolute Gasteiger partial charge is 0.251 e. The van der Waals surface area contributed by atoms with Gasteiger partial charge in [0.25, 0.3) is 5.56 Å². The Morgan fingerprint density at radius 1 is 1.17 bits per heavy atom. The fourth-order valence-corrected chi connectivity index (χ4v) is 4.86. The van der Waals surface area contributed by atoms with Gasteiger partial charge in [0.2, 0.25) is 11.8 Å². The Hall–Kier alpha value is -3.09. The molecular weight excluding hydrogens is 382 g/mol. The Balaban J connectivity index is 1.65. The van der Waals surface area contributed by atoms with Crippen molar-refractivity contribution in [1.82, 2.24) is 14.8 Å². The molecule has 2 aliphatic heterocycles. The zero-order chi connectivity index (χ0) is 21.3.